The second kappa shape index (κ2) is 22.9. The second-order valence-electron chi connectivity index (χ2n) is 17.7. The molecule has 0 saturated carbocycles. The summed E-state index contributed by atoms with van der Waals surface area (Å²) in [7, 11) is 8.23. The summed E-state index contributed by atoms with van der Waals surface area (Å²) < 4.78 is 14.3. The Morgan fingerprint density at radius 3 is 1.63 bits per heavy atom. The molecule has 5 heterocycles. The summed E-state index contributed by atoms with van der Waals surface area (Å²) in [5, 5.41) is 8.14. The van der Waals surface area contributed by atoms with Crippen LogP contribution >= 0.6 is 11.6 Å². The highest BCUT2D eigenvalue weighted by atomic mass is 35.5. The fraction of sp³-hybridized carbons (Fsp3) is 0.296. The molecule has 0 atom stereocenters. The molecule has 2 N–H and O–H groups in total. The SMILES string of the molecule is C=CC(=O)Nc1cc2c(N3CCc4ccc(-n5cccc5)cc43)ncnc2cc1OCCCCN(C)C.C=CC(=O)Nc1cc2c(N3CCc4ccc(Cl)cc43)ncnc2cc1OCCCCN(C)C. The van der Waals surface area contributed by atoms with Crippen molar-refractivity contribution in [1.82, 2.24) is 34.3 Å². The zero-order valence-electron chi connectivity index (χ0n) is 40.3. The minimum absolute atomic E-state index is 0.293. The van der Waals surface area contributed by atoms with Gasteiger partial charge in [-0.1, -0.05) is 36.9 Å². The van der Waals surface area contributed by atoms with Crippen molar-refractivity contribution in [3.8, 4) is 17.2 Å². The largest absolute Gasteiger partial charge is 0.491 e. The molecule has 0 spiro atoms. The fourth-order valence-electron chi connectivity index (χ4n) is 8.62. The van der Waals surface area contributed by atoms with Gasteiger partial charge in [0, 0.05) is 70.5 Å². The van der Waals surface area contributed by atoms with Crippen LogP contribution in [0.15, 0.2) is 123 Å². The maximum atomic E-state index is 12.2. The Morgan fingerprint density at radius 2 is 1.14 bits per heavy atom. The molecule has 7 aromatic rings. The predicted molar refractivity (Wildman–Crippen MR) is 282 cm³/mol. The molecule has 16 heteroatoms. The highest BCUT2D eigenvalue weighted by Gasteiger charge is 2.26. The number of fused-ring (bicyclic) bond motifs is 4. The number of carbonyl (C=O) groups is 2. The number of ether oxygens (including phenoxy) is 2. The van der Waals surface area contributed by atoms with E-state index in [0.29, 0.717) is 41.1 Å². The van der Waals surface area contributed by atoms with Crippen LogP contribution in [-0.4, -0.2) is 114 Å². The van der Waals surface area contributed by atoms with Crippen LogP contribution in [0.2, 0.25) is 5.02 Å². The number of nitrogens with one attached hydrogen (secondary N) is 2. The predicted octanol–water partition coefficient (Wildman–Crippen LogP) is 9.78. The lowest BCUT2D eigenvalue weighted by Crippen LogP contribution is -2.16. The fourth-order valence-corrected chi connectivity index (χ4v) is 8.79. The van der Waals surface area contributed by atoms with Crippen LogP contribution in [0, 0.1) is 0 Å². The Hall–Kier alpha value is -7.33. The molecular weight excluding hydrogens is 902 g/mol. The van der Waals surface area contributed by atoms with E-state index in [1.54, 1.807) is 12.7 Å². The van der Waals surface area contributed by atoms with E-state index in [-0.39, 0.29) is 11.8 Å². The van der Waals surface area contributed by atoms with E-state index in [1.807, 2.05) is 60.9 Å². The number of benzene rings is 4. The highest BCUT2D eigenvalue weighted by Crippen LogP contribution is 2.42. The van der Waals surface area contributed by atoms with Crippen molar-refractivity contribution in [2.24, 2.45) is 0 Å². The molecule has 2 amide bonds. The molecule has 3 aromatic heterocycles. The minimum Gasteiger partial charge on any atom is -0.491 e. The Kier molecular flexibility index (Phi) is 16.0. The number of nitrogens with zero attached hydrogens (tertiary/aromatic N) is 9. The van der Waals surface area contributed by atoms with Crippen molar-refractivity contribution in [3.05, 3.63) is 139 Å². The van der Waals surface area contributed by atoms with Gasteiger partial charge < -0.3 is 44.3 Å². The standard InChI is InChI=1S/C29H32N6O2.C25H28ClN5O2/c1-4-28(36)32-25-18-23-24(19-27(25)37-16-8-7-12-33(2)3)30-20-31-29(23)35-15-11-21-9-10-22(17-26(21)35)34-13-5-6-14-34;1-4-24(32)29-21-14-19-20(15-23(21)33-12-6-5-10-30(2)3)27-16-28-25(19)31-11-9-17-7-8-18(26)13-22(17)31/h4-6,9-10,13-14,17-20H,1,7-8,11-12,15-16H2,2-3H3,(H,32,36);4,7-8,13-16H,1,5-6,9-12H2,2-3H3,(H,29,32). The zero-order chi connectivity index (χ0) is 49.1. The van der Waals surface area contributed by atoms with E-state index in [2.05, 4.69) is 120 Å². The monoisotopic (exact) mass is 961 g/mol. The van der Waals surface area contributed by atoms with Crippen LogP contribution < -0.4 is 29.9 Å². The summed E-state index contributed by atoms with van der Waals surface area (Å²) in [5.74, 6) is 2.15. The number of unbranched alkanes of at least 4 members (excludes halogenated alkanes) is 2. The van der Waals surface area contributed by atoms with Gasteiger partial charge in [-0.15, -0.1) is 0 Å². The van der Waals surface area contributed by atoms with E-state index in [0.717, 1.165) is 115 Å². The number of amides is 2. The highest BCUT2D eigenvalue weighted by molar-refractivity contribution is 6.31. The number of halogens is 1. The normalized spacial score (nSPS) is 12.7. The van der Waals surface area contributed by atoms with Crippen molar-refractivity contribution in [1.29, 1.82) is 0 Å². The summed E-state index contributed by atoms with van der Waals surface area (Å²) in [6, 6.07) is 24.0. The van der Waals surface area contributed by atoms with Gasteiger partial charge in [-0.2, -0.15) is 0 Å². The Balaban J connectivity index is 0.000000190. The number of aromatic nitrogens is 5. The van der Waals surface area contributed by atoms with Gasteiger partial charge >= 0.3 is 0 Å². The molecular formula is C54H60ClN11O4. The molecule has 0 fully saturated rings. The number of anilines is 6. The van der Waals surface area contributed by atoms with Crippen molar-refractivity contribution >= 4 is 79.6 Å². The molecule has 0 radical (unpaired) electrons. The first kappa shape index (κ1) is 49.1. The zero-order valence-corrected chi connectivity index (χ0v) is 41.1. The van der Waals surface area contributed by atoms with Gasteiger partial charge in [-0.05, 0) is 152 Å². The topological polar surface area (TPSA) is 146 Å². The molecule has 362 valence electrons. The second-order valence-corrected chi connectivity index (χ2v) is 18.1. The molecule has 2 aliphatic heterocycles. The van der Waals surface area contributed by atoms with Crippen LogP contribution in [0.1, 0.15) is 36.8 Å². The van der Waals surface area contributed by atoms with Crippen LogP contribution in [-0.2, 0) is 22.4 Å². The van der Waals surface area contributed by atoms with E-state index in [9.17, 15) is 9.59 Å². The van der Waals surface area contributed by atoms with Gasteiger partial charge in [-0.25, -0.2) is 19.9 Å². The third-order valence-corrected chi connectivity index (χ3v) is 12.4. The Bertz CT molecular complexity index is 3000. The Labute approximate surface area is 414 Å². The van der Waals surface area contributed by atoms with Crippen molar-refractivity contribution in [2.45, 2.75) is 38.5 Å². The average molecular weight is 963 g/mol. The van der Waals surface area contributed by atoms with Crippen LogP contribution in [0.5, 0.6) is 11.5 Å². The summed E-state index contributed by atoms with van der Waals surface area (Å²) >= 11 is 6.27. The number of rotatable bonds is 19. The first-order valence-electron chi connectivity index (χ1n) is 23.6. The number of carbonyl (C=O) groups excluding carboxylic acids is 2. The van der Waals surface area contributed by atoms with Crippen molar-refractivity contribution in [2.75, 3.05) is 88.0 Å². The van der Waals surface area contributed by atoms with Crippen molar-refractivity contribution < 1.29 is 19.1 Å². The molecule has 2 aliphatic rings. The molecule has 15 nitrogen and oxygen atoms in total. The molecule has 0 unspecified atom stereocenters. The third kappa shape index (κ3) is 11.7. The number of hydrogen-bond acceptors (Lipinski definition) is 12. The summed E-state index contributed by atoms with van der Waals surface area (Å²) in [4.78, 5) is 51.3. The van der Waals surface area contributed by atoms with E-state index in [4.69, 9.17) is 21.1 Å². The Morgan fingerprint density at radius 1 is 0.657 bits per heavy atom. The summed E-state index contributed by atoms with van der Waals surface area (Å²) in [6.07, 6.45) is 15.4. The van der Waals surface area contributed by atoms with Gasteiger partial charge in [0.2, 0.25) is 11.8 Å². The lowest BCUT2D eigenvalue weighted by molar-refractivity contribution is -0.112. The number of hydrogen-bond donors (Lipinski definition) is 2. The van der Waals surface area contributed by atoms with Crippen LogP contribution in [0.4, 0.5) is 34.4 Å². The first-order chi connectivity index (χ1) is 34.0. The minimum atomic E-state index is -0.302. The molecule has 70 heavy (non-hydrogen) atoms. The van der Waals surface area contributed by atoms with Crippen molar-refractivity contribution in [3.63, 3.8) is 0 Å². The van der Waals surface area contributed by atoms with E-state index in [1.165, 1.54) is 23.3 Å². The van der Waals surface area contributed by atoms with Crippen LogP contribution in [0.3, 0.4) is 0 Å². The molecule has 9 rings (SSSR count). The smallest absolute Gasteiger partial charge is 0.247 e. The van der Waals surface area contributed by atoms with Crippen LogP contribution in [0.25, 0.3) is 27.5 Å². The summed E-state index contributed by atoms with van der Waals surface area (Å²) in [5.41, 5.74) is 8.44. The van der Waals surface area contributed by atoms with Gasteiger partial charge in [0.05, 0.1) is 35.6 Å². The third-order valence-electron chi connectivity index (χ3n) is 12.2. The van der Waals surface area contributed by atoms with Gasteiger partial charge in [0.1, 0.15) is 35.8 Å². The maximum absolute atomic E-state index is 12.2. The van der Waals surface area contributed by atoms with Gasteiger partial charge in [-0.3, -0.25) is 9.59 Å². The quantitative estimate of drug-likeness (QED) is 0.0588. The molecule has 0 saturated heterocycles. The van der Waals surface area contributed by atoms with E-state index < -0.39 is 0 Å². The summed E-state index contributed by atoms with van der Waals surface area (Å²) in [6.45, 7) is 11.9. The lowest BCUT2D eigenvalue weighted by atomic mass is 10.1. The maximum Gasteiger partial charge on any atom is 0.247 e. The van der Waals surface area contributed by atoms with Gasteiger partial charge in [0.15, 0.2) is 0 Å². The molecule has 0 aliphatic carbocycles. The average Bonchev–Trinajstić information content (AvgIpc) is 4.14. The van der Waals surface area contributed by atoms with Gasteiger partial charge in [0.25, 0.3) is 0 Å². The lowest BCUT2D eigenvalue weighted by Gasteiger charge is -2.21. The van der Waals surface area contributed by atoms with E-state index >= 15 is 0 Å². The molecule has 4 aromatic carbocycles. The molecule has 0 bridgehead atoms. The first-order valence-corrected chi connectivity index (χ1v) is 24.0.